The van der Waals surface area contributed by atoms with Crippen LogP contribution in [0, 0.1) is 6.92 Å². The lowest BCUT2D eigenvalue weighted by atomic mass is 10.2. The van der Waals surface area contributed by atoms with Crippen LogP contribution in [0.5, 0.6) is 11.5 Å². The molecule has 2 N–H and O–H groups in total. The van der Waals surface area contributed by atoms with Crippen molar-refractivity contribution in [2.24, 2.45) is 5.10 Å². The zero-order valence-electron chi connectivity index (χ0n) is 13.3. The standard InChI is InChI=1S/C15H19N5O3/c1-4-7-23-12-6-5-11(8-13(12)22-3)9-16-19-15-17-14(21)10(2)18-20-15/h5-6,8-9H,4,7H2,1-3H3,(H2,17,19,20,21)/b16-9+. The lowest BCUT2D eigenvalue weighted by Crippen LogP contribution is -2.15. The smallest absolute Gasteiger partial charge is 0.274 e. The fourth-order valence-corrected chi connectivity index (χ4v) is 1.71. The molecule has 1 aromatic carbocycles. The molecule has 2 aromatic rings. The lowest BCUT2D eigenvalue weighted by molar-refractivity contribution is 0.294. The maximum atomic E-state index is 11.4. The number of aromatic amines is 1. The number of ether oxygens (including phenoxy) is 2. The van der Waals surface area contributed by atoms with Crippen molar-refractivity contribution in [2.45, 2.75) is 20.3 Å². The van der Waals surface area contributed by atoms with E-state index in [4.69, 9.17) is 9.47 Å². The quantitative estimate of drug-likeness (QED) is 0.595. The van der Waals surface area contributed by atoms with Crippen molar-refractivity contribution >= 4 is 12.2 Å². The highest BCUT2D eigenvalue weighted by Gasteiger charge is 2.04. The van der Waals surface area contributed by atoms with Gasteiger partial charge in [-0.1, -0.05) is 6.92 Å². The van der Waals surface area contributed by atoms with Crippen LogP contribution in [-0.2, 0) is 0 Å². The van der Waals surface area contributed by atoms with E-state index < -0.39 is 0 Å². The number of H-pyrrole nitrogens is 1. The third-order valence-corrected chi connectivity index (χ3v) is 2.89. The summed E-state index contributed by atoms with van der Waals surface area (Å²) in [7, 11) is 1.58. The fourth-order valence-electron chi connectivity index (χ4n) is 1.71. The van der Waals surface area contributed by atoms with Gasteiger partial charge in [-0.25, -0.2) is 5.43 Å². The summed E-state index contributed by atoms with van der Waals surface area (Å²) in [5.41, 5.74) is 3.41. The van der Waals surface area contributed by atoms with Gasteiger partial charge in [0, 0.05) is 0 Å². The number of nitrogens with zero attached hydrogens (tertiary/aromatic N) is 3. The summed E-state index contributed by atoms with van der Waals surface area (Å²) in [5.74, 6) is 1.49. The molecule has 0 spiro atoms. The molecule has 8 heteroatoms. The first kappa shape index (κ1) is 16.5. The number of aryl methyl sites for hydroxylation is 1. The van der Waals surface area contributed by atoms with Crippen LogP contribution in [0.3, 0.4) is 0 Å². The molecule has 0 fully saturated rings. The predicted octanol–water partition coefficient (Wildman–Crippen LogP) is 1.72. The van der Waals surface area contributed by atoms with Gasteiger partial charge in [-0.05, 0) is 37.1 Å². The van der Waals surface area contributed by atoms with Crippen molar-refractivity contribution in [2.75, 3.05) is 19.1 Å². The number of hydrazone groups is 1. The van der Waals surface area contributed by atoms with Gasteiger partial charge in [0.1, 0.15) is 5.69 Å². The second-order valence-electron chi connectivity index (χ2n) is 4.72. The summed E-state index contributed by atoms with van der Waals surface area (Å²) in [6.07, 6.45) is 2.50. The Morgan fingerprint density at radius 1 is 1.35 bits per heavy atom. The Kier molecular flexibility index (Phi) is 5.67. The second kappa shape index (κ2) is 7.92. The van der Waals surface area contributed by atoms with Gasteiger partial charge in [-0.3, -0.25) is 9.78 Å². The van der Waals surface area contributed by atoms with E-state index in [0.717, 1.165) is 12.0 Å². The predicted molar refractivity (Wildman–Crippen MR) is 87.4 cm³/mol. The van der Waals surface area contributed by atoms with Gasteiger partial charge in [0.2, 0.25) is 5.95 Å². The molecule has 122 valence electrons. The zero-order valence-corrected chi connectivity index (χ0v) is 13.3. The number of methoxy groups -OCH3 is 1. The average Bonchev–Trinajstić information content (AvgIpc) is 2.56. The van der Waals surface area contributed by atoms with E-state index in [1.165, 1.54) is 0 Å². The number of anilines is 1. The molecule has 0 aliphatic heterocycles. The lowest BCUT2D eigenvalue weighted by Gasteiger charge is -2.10. The van der Waals surface area contributed by atoms with Crippen LogP contribution in [-0.4, -0.2) is 35.1 Å². The molecule has 0 atom stereocenters. The number of hydrogen-bond acceptors (Lipinski definition) is 7. The van der Waals surface area contributed by atoms with E-state index in [1.54, 1.807) is 26.3 Å². The molecule has 0 saturated heterocycles. The van der Waals surface area contributed by atoms with Gasteiger partial charge in [0.15, 0.2) is 11.5 Å². The Morgan fingerprint density at radius 3 is 2.87 bits per heavy atom. The Hall–Kier alpha value is -2.90. The molecule has 1 aromatic heterocycles. The van der Waals surface area contributed by atoms with Crippen LogP contribution in [0.25, 0.3) is 0 Å². The normalized spacial score (nSPS) is 10.7. The summed E-state index contributed by atoms with van der Waals surface area (Å²) in [5, 5.41) is 11.5. The highest BCUT2D eigenvalue weighted by atomic mass is 16.5. The second-order valence-corrected chi connectivity index (χ2v) is 4.72. The number of hydrogen-bond donors (Lipinski definition) is 2. The molecule has 1 heterocycles. The highest BCUT2D eigenvalue weighted by molar-refractivity contribution is 5.81. The summed E-state index contributed by atoms with van der Waals surface area (Å²) in [6.45, 7) is 4.25. The minimum absolute atomic E-state index is 0.173. The Labute approximate surface area is 133 Å². The fraction of sp³-hybridized carbons (Fsp3) is 0.333. The van der Waals surface area contributed by atoms with Gasteiger partial charge in [-0.15, -0.1) is 10.2 Å². The Balaban J connectivity index is 2.06. The third-order valence-electron chi connectivity index (χ3n) is 2.89. The molecule has 8 nitrogen and oxygen atoms in total. The molecule has 0 bridgehead atoms. The molecule has 2 rings (SSSR count). The molecular formula is C15H19N5O3. The molecule has 0 aliphatic rings. The highest BCUT2D eigenvalue weighted by Crippen LogP contribution is 2.27. The SMILES string of the molecule is CCCOc1ccc(/C=N/Nc2nnc(C)c(=O)[nH]2)cc1OC. The van der Waals surface area contributed by atoms with Crippen molar-refractivity contribution < 1.29 is 9.47 Å². The van der Waals surface area contributed by atoms with E-state index >= 15 is 0 Å². The van der Waals surface area contributed by atoms with Crippen molar-refractivity contribution in [1.82, 2.24) is 15.2 Å². The van der Waals surface area contributed by atoms with Crippen molar-refractivity contribution in [3.8, 4) is 11.5 Å². The first-order valence-electron chi connectivity index (χ1n) is 7.17. The van der Waals surface area contributed by atoms with Crippen LogP contribution < -0.4 is 20.5 Å². The van der Waals surface area contributed by atoms with Crippen LogP contribution in [0.1, 0.15) is 24.6 Å². The number of nitrogens with one attached hydrogen (secondary N) is 2. The van der Waals surface area contributed by atoms with Gasteiger partial charge < -0.3 is 9.47 Å². The van der Waals surface area contributed by atoms with Crippen molar-refractivity contribution in [3.63, 3.8) is 0 Å². The maximum Gasteiger partial charge on any atom is 0.274 e. The van der Waals surface area contributed by atoms with Gasteiger partial charge in [0.25, 0.3) is 5.56 Å². The van der Waals surface area contributed by atoms with Crippen LogP contribution in [0.15, 0.2) is 28.1 Å². The Bertz CT molecular complexity index is 742. The molecule has 0 radical (unpaired) electrons. The minimum Gasteiger partial charge on any atom is -0.493 e. The van der Waals surface area contributed by atoms with Gasteiger partial charge in [0.05, 0.1) is 19.9 Å². The first-order chi connectivity index (χ1) is 11.1. The largest absolute Gasteiger partial charge is 0.493 e. The topological polar surface area (TPSA) is 101 Å². The number of aromatic nitrogens is 3. The minimum atomic E-state index is -0.309. The third kappa shape index (κ3) is 4.53. The van der Waals surface area contributed by atoms with E-state index in [9.17, 15) is 4.79 Å². The van der Waals surface area contributed by atoms with E-state index in [0.29, 0.717) is 23.8 Å². The zero-order chi connectivity index (χ0) is 16.7. The van der Waals surface area contributed by atoms with Crippen molar-refractivity contribution in [3.05, 3.63) is 39.8 Å². The summed E-state index contributed by atoms with van der Waals surface area (Å²) >= 11 is 0. The molecule has 0 saturated carbocycles. The van der Waals surface area contributed by atoms with Crippen LogP contribution >= 0.6 is 0 Å². The molecule has 0 amide bonds. The summed E-state index contributed by atoms with van der Waals surface area (Å²) in [6, 6.07) is 5.48. The molecule has 0 unspecified atom stereocenters. The molecule has 0 aliphatic carbocycles. The van der Waals surface area contributed by atoms with E-state index in [2.05, 4.69) is 25.7 Å². The first-order valence-corrected chi connectivity index (χ1v) is 7.17. The number of rotatable bonds is 7. The van der Waals surface area contributed by atoms with Gasteiger partial charge >= 0.3 is 0 Å². The monoisotopic (exact) mass is 317 g/mol. The maximum absolute atomic E-state index is 11.4. The molecular weight excluding hydrogens is 298 g/mol. The molecule has 23 heavy (non-hydrogen) atoms. The van der Waals surface area contributed by atoms with Crippen LogP contribution in [0.4, 0.5) is 5.95 Å². The van der Waals surface area contributed by atoms with E-state index in [-0.39, 0.29) is 11.5 Å². The van der Waals surface area contributed by atoms with Crippen LogP contribution in [0.2, 0.25) is 0 Å². The summed E-state index contributed by atoms with van der Waals surface area (Å²) < 4.78 is 10.9. The Morgan fingerprint density at radius 2 is 2.17 bits per heavy atom. The van der Waals surface area contributed by atoms with Gasteiger partial charge in [-0.2, -0.15) is 5.10 Å². The average molecular weight is 317 g/mol. The van der Waals surface area contributed by atoms with Crippen molar-refractivity contribution in [1.29, 1.82) is 0 Å². The summed E-state index contributed by atoms with van der Waals surface area (Å²) in [4.78, 5) is 13.9. The van der Waals surface area contributed by atoms with E-state index in [1.807, 2.05) is 19.1 Å². The number of benzene rings is 1.